The van der Waals surface area contributed by atoms with Crippen molar-refractivity contribution in [3.63, 3.8) is 0 Å². The SMILES string of the molecule is CNc1ccc([N+](=O)[O-])cc1CN(C)CCN1CCCC1. The van der Waals surface area contributed by atoms with Gasteiger partial charge in [0.2, 0.25) is 0 Å². The Kier molecular flexibility index (Phi) is 5.52. The van der Waals surface area contributed by atoms with Crippen molar-refractivity contribution in [2.45, 2.75) is 19.4 Å². The third-order valence-electron chi connectivity index (χ3n) is 4.01. The molecule has 0 amide bonds. The molecule has 6 nitrogen and oxygen atoms in total. The second kappa shape index (κ2) is 7.38. The van der Waals surface area contributed by atoms with Crippen LogP contribution in [0.5, 0.6) is 0 Å². The van der Waals surface area contributed by atoms with E-state index in [1.54, 1.807) is 18.2 Å². The van der Waals surface area contributed by atoms with E-state index in [9.17, 15) is 10.1 Å². The average molecular weight is 292 g/mol. The first-order valence-electron chi connectivity index (χ1n) is 7.46. The van der Waals surface area contributed by atoms with Crippen LogP contribution in [0.15, 0.2) is 18.2 Å². The van der Waals surface area contributed by atoms with Gasteiger partial charge in [0.1, 0.15) is 0 Å². The van der Waals surface area contributed by atoms with Gasteiger partial charge in [0.05, 0.1) is 4.92 Å². The van der Waals surface area contributed by atoms with Crippen LogP contribution in [0.1, 0.15) is 18.4 Å². The van der Waals surface area contributed by atoms with Crippen molar-refractivity contribution in [3.05, 3.63) is 33.9 Å². The van der Waals surface area contributed by atoms with Crippen LogP contribution in [-0.2, 0) is 6.54 Å². The Balaban J connectivity index is 1.96. The molecule has 6 heteroatoms. The standard InChI is InChI=1S/C15H24N4O2/c1-16-15-6-5-14(19(20)21)11-13(15)12-17(2)9-10-18-7-3-4-8-18/h5-6,11,16H,3-4,7-10,12H2,1-2H3. The van der Waals surface area contributed by atoms with Gasteiger partial charge in [0.15, 0.2) is 0 Å². The molecule has 0 bridgehead atoms. The summed E-state index contributed by atoms with van der Waals surface area (Å²) >= 11 is 0. The highest BCUT2D eigenvalue weighted by atomic mass is 16.6. The molecule has 1 N–H and O–H groups in total. The molecular formula is C15H24N4O2. The number of hydrogen-bond acceptors (Lipinski definition) is 5. The molecule has 1 aromatic carbocycles. The molecule has 0 atom stereocenters. The van der Waals surface area contributed by atoms with Gasteiger partial charge in [-0.25, -0.2) is 0 Å². The molecule has 116 valence electrons. The molecule has 1 aliphatic rings. The van der Waals surface area contributed by atoms with E-state index in [-0.39, 0.29) is 10.6 Å². The first-order valence-corrected chi connectivity index (χ1v) is 7.46. The maximum atomic E-state index is 10.9. The van der Waals surface area contributed by atoms with E-state index in [0.29, 0.717) is 6.54 Å². The zero-order valence-electron chi connectivity index (χ0n) is 12.8. The van der Waals surface area contributed by atoms with Gasteiger partial charge in [0, 0.05) is 44.5 Å². The lowest BCUT2D eigenvalue weighted by Crippen LogP contribution is -2.31. The Hall–Kier alpha value is -1.66. The Morgan fingerprint density at radius 2 is 2.10 bits per heavy atom. The zero-order chi connectivity index (χ0) is 15.2. The summed E-state index contributed by atoms with van der Waals surface area (Å²) in [4.78, 5) is 15.3. The third-order valence-corrected chi connectivity index (χ3v) is 4.01. The molecule has 1 saturated heterocycles. The monoisotopic (exact) mass is 292 g/mol. The highest BCUT2D eigenvalue weighted by Gasteiger charge is 2.14. The minimum atomic E-state index is -0.340. The molecule has 1 heterocycles. The Morgan fingerprint density at radius 3 is 2.71 bits per heavy atom. The fraction of sp³-hybridized carbons (Fsp3) is 0.600. The normalized spacial score (nSPS) is 15.6. The van der Waals surface area contributed by atoms with Crippen molar-refractivity contribution in [1.29, 1.82) is 0 Å². The molecule has 2 rings (SSSR count). The van der Waals surface area contributed by atoms with Crippen molar-refractivity contribution in [1.82, 2.24) is 9.80 Å². The fourth-order valence-electron chi connectivity index (χ4n) is 2.76. The van der Waals surface area contributed by atoms with Gasteiger partial charge in [0.25, 0.3) is 5.69 Å². The Labute approximate surface area is 125 Å². The summed E-state index contributed by atoms with van der Waals surface area (Å²) in [5, 5.41) is 14.0. The van der Waals surface area contributed by atoms with Gasteiger partial charge in [-0.15, -0.1) is 0 Å². The van der Waals surface area contributed by atoms with E-state index in [1.807, 2.05) is 7.05 Å². The van der Waals surface area contributed by atoms with Crippen molar-refractivity contribution in [2.24, 2.45) is 0 Å². The topological polar surface area (TPSA) is 61.7 Å². The molecular weight excluding hydrogens is 268 g/mol. The van der Waals surface area contributed by atoms with Crippen LogP contribution < -0.4 is 5.32 Å². The fourth-order valence-corrected chi connectivity index (χ4v) is 2.76. The van der Waals surface area contributed by atoms with E-state index < -0.39 is 0 Å². The molecule has 0 unspecified atom stereocenters. The summed E-state index contributed by atoms with van der Waals surface area (Å²) in [6, 6.07) is 4.99. The van der Waals surface area contributed by atoms with Crippen molar-refractivity contribution in [2.75, 3.05) is 45.6 Å². The third kappa shape index (κ3) is 4.41. The van der Waals surface area contributed by atoms with Crippen LogP contribution in [0.2, 0.25) is 0 Å². The van der Waals surface area contributed by atoms with Crippen molar-refractivity contribution < 1.29 is 4.92 Å². The predicted octanol–water partition coefficient (Wildman–Crippen LogP) is 2.16. The van der Waals surface area contributed by atoms with Crippen LogP contribution in [0.3, 0.4) is 0 Å². The lowest BCUT2D eigenvalue weighted by atomic mass is 10.1. The summed E-state index contributed by atoms with van der Waals surface area (Å²) in [6.45, 7) is 5.16. The van der Waals surface area contributed by atoms with Gasteiger partial charge in [-0.05, 0) is 44.6 Å². The largest absolute Gasteiger partial charge is 0.388 e. The number of non-ortho nitro benzene ring substituents is 1. The molecule has 21 heavy (non-hydrogen) atoms. The first-order chi connectivity index (χ1) is 10.1. The molecule has 0 saturated carbocycles. The summed E-state index contributed by atoms with van der Waals surface area (Å²) in [6.07, 6.45) is 2.61. The summed E-state index contributed by atoms with van der Waals surface area (Å²) in [5.41, 5.74) is 2.07. The van der Waals surface area contributed by atoms with Crippen LogP contribution in [-0.4, -0.2) is 55.0 Å². The average Bonchev–Trinajstić information content (AvgIpc) is 2.98. The number of likely N-dealkylation sites (tertiary alicyclic amines) is 1. The van der Waals surface area contributed by atoms with Gasteiger partial charge < -0.3 is 15.1 Å². The number of nitrogens with one attached hydrogen (secondary N) is 1. The minimum Gasteiger partial charge on any atom is -0.388 e. The van der Waals surface area contributed by atoms with E-state index in [1.165, 1.54) is 25.9 Å². The van der Waals surface area contributed by atoms with Crippen LogP contribution in [0, 0.1) is 10.1 Å². The summed E-state index contributed by atoms with van der Waals surface area (Å²) in [7, 11) is 3.91. The lowest BCUT2D eigenvalue weighted by molar-refractivity contribution is -0.384. The number of hydrogen-bond donors (Lipinski definition) is 1. The Morgan fingerprint density at radius 1 is 1.38 bits per heavy atom. The van der Waals surface area contributed by atoms with Gasteiger partial charge in [-0.1, -0.05) is 0 Å². The molecule has 0 spiro atoms. The second-order valence-electron chi connectivity index (χ2n) is 5.64. The smallest absolute Gasteiger partial charge is 0.269 e. The highest BCUT2D eigenvalue weighted by molar-refractivity contribution is 5.55. The van der Waals surface area contributed by atoms with Crippen LogP contribution >= 0.6 is 0 Å². The number of anilines is 1. The van der Waals surface area contributed by atoms with E-state index in [2.05, 4.69) is 22.2 Å². The van der Waals surface area contributed by atoms with Crippen LogP contribution in [0.4, 0.5) is 11.4 Å². The van der Waals surface area contributed by atoms with Gasteiger partial charge >= 0.3 is 0 Å². The predicted molar refractivity (Wildman–Crippen MR) is 84.7 cm³/mol. The second-order valence-corrected chi connectivity index (χ2v) is 5.64. The van der Waals surface area contributed by atoms with Gasteiger partial charge in [-0.3, -0.25) is 10.1 Å². The molecule has 0 radical (unpaired) electrons. The maximum absolute atomic E-state index is 10.9. The van der Waals surface area contributed by atoms with Crippen molar-refractivity contribution in [3.8, 4) is 0 Å². The Bertz CT molecular complexity index is 487. The highest BCUT2D eigenvalue weighted by Crippen LogP contribution is 2.23. The molecule has 0 aromatic heterocycles. The number of rotatable bonds is 7. The van der Waals surface area contributed by atoms with E-state index in [4.69, 9.17) is 0 Å². The molecule has 1 aromatic rings. The number of likely N-dealkylation sites (N-methyl/N-ethyl adjacent to an activating group) is 1. The van der Waals surface area contributed by atoms with Gasteiger partial charge in [-0.2, -0.15) is 0 Å². The van der Waals surface area contributed by atoms with E-state index >= 15 is 0 Å². The maximum Gasteiger partial charge on any atom is 0.269 e. The number of nitro groups is 1. The quantitative estimate of drug-likeness (QED) is 0.616. The molecule has 0 aliphatic carbocycles. The molecule has 1 aliphatic heterocycles. The molecule has 1 fully saturated rings. The number of nitro benzene ring substituents is 1. The lowest BCUT2D eigenvalue weighted by Gasteiger charge is -2.22. The van der Waals surface area contributed by atoms with Crippen LogP contribution in [0.25, 0.3) is 0 Å². The van der Waals surface area contributed by atoms with E-state index in [0.717, 1.165) is 24.3 Å². The zero-order valence-corrected chi connectivity index (χ0v) is 12.8. The minimum absolute atomic E-state index is 0.150. The van der Waals surface area contributed by atoms with Crippen molar-refractivity contribution >= 4 is 11.4 Å². The first kappa shape index (κ1) is 15.7. The summed E-state index contributed by atoms with van der Waals surface area (Å²) in [5.74, 6) is 0. The number of benzene rings is 1. The number of nitrogens with zero attached hydrogens (tertiary/aromatic N) is 3. The summed E-state index contributed by atoms with van der Waals surface area (Å²) < 4.78 is 0.